The summed E-state index contributed by atoms with van der Waals surface area (Å²) < 4.78 is 1.13. The van der Waals surface area contributed by atoms with Gasteiger partial charge in [-0.1, -0.05) is 29.3 Å². The van der Waals surface area contributed by atoms with Gasteiger partial charge in [0.05, 0.1) is 11.9 Å². The fourth-order valence-corrected chi connectivity index (χ4v) is 2.33. The largest absolute Gasteiger partial charge is 0.158 e. The second kappa shape index (κ2) is 4.91. The molecule has 0 aliphatic rings. The lowest BCUT2D eigenvalue weighted by Gasteiger charge is -2.04. The lowest BCUT2D eigenvalue weighted by molar-refractivity contribution is 0.929. The molecule has 0 amide bonds. The SMILES string of the molecule is Cc1cc(C)cc(Cc2cc(I)cnn2)c1. The molecule has 0 saturated heterocycles. The first-order chi connectivity index (χ1) is 7.63. The summed E-state index contributed by atoms with van der Waals surface area (Å²) in [5.41, 5.74) is 4.92. The highest BCUT2D eigenvalue weighted by atomic mass is 127. The van der Waals surface area contributed by atoms with E-state index in [-0.39, 0.29) is 0 Å². The molecule has 0 aliphatic carbocycles. The first-order valence-corrected chi connectivity index (χ1v) is 6.25. The molecule has 1 aromatic heterocycles. The van der Waals surface area contributed by atoms with E-state index in [9.17, 15) is 0 Å². The van der Waals surface area contributed by atoms with Crippen LogP contribution in [-0.2, 0) is 6.42 Å². The van der Waals surface area contributed by atoms with E-state index < -0.39 is 0 Å². The van der Waals surface area contributed by atoms with Crippen molar-refractivity contribution in [3.05, 3.63) is 56.4 Å². The van der Waals surface area contributed by atoms with E-state index in [1.807, 2.05) is 0 Å². The van der Waals surface area contributed by atoms with Crippen molar-refractivity contribution < 1.29 is 0 Å². The number of aryl methyl sites for hydroxylation is 2. The zero-order valence-corrected chi connectivity index (χ0v) is 11.5. The zero-order valence-electron chi connectivity index (χ0n) is 9.37. The van der Waals surface area contributed by atoms with Crippen LogP contribution in [0.3, 0.4) is 0 Å². The van der Waals surface area contributed by atoms with E-state index >= 15 is 0 Å². The van der Waals surface area contributed by atoms with Gasteiger partial charge in [-0.25, -0.2) is 0 Å². The minimum atomic E-state index is 0.854. The van der Waals surface area contributed by atoms with Crippen LogP contribution in [0, 0.1) is 17.4 Å². The molecule has 1 aromatic carbocycles. The highest BCUT2D eigenvalue weighted by Gasteiger charge is 2.01. The number of nitrogens with zero attached hydrogens (tertiary/aromatic N) is 2. The third-order valence-corrected chi connectivity index (χ3v) is 2.93. The summed E-state index contributed by atoms with van der Waals surface area (Å²) in [5, 5.41) is 8.11. The van der Waals surface area contributed by atoms with Crippen molar-refractivity contribution in [3.63, 3.8) is 0 Å². The van der Waals surface area contributed by atoms with Crippen LogP contribution in [0.25, 0.3) is 0 Å². The van der Waals surface area contributed by atoms with Crippen LogP contribution in [0.4, 0.5) is 0 Å². The Morgan fingerprint density at radius 2 is 1.75 bits per heavy atom. The zero-order chi connectivity index (χ0) is 11.5. The Kier molecular flexibility index (Phi) is 3.53. The van der Waals surface area contributed by atoms with Crippen LogP contribution < -0.4 is 0 Å². The van der Waals surface area contributed by atoms with E-state index in [1.54, 1.807) is 6.20 Å². The van der Waals surface area contributed by atoms with Gasteiger partial charge >= 0.3 is 0 Å². The Bertz CT molecular complexity index is 489. The van der Waals surface area contributed by atoms with Crippen LogP contribution in [0.15, 0.2) is 30.5 Å². The molecular weight excluding hydrogens is 311 g/mol. The van der Waals surface area contributed by atoms with E-state index in [0.29, 0.717) is 0 Å². The van der Waals surface area contributed by atoms with Gasteiger partial charge in [-0.3, -0.25) is 0 Å². The van der Waals surface area contributed by atoms with E-state index in [2.05, 4.69) is 70.9 Å². The molecule has 2 nitrogen and oxygen atoms in total. The van der Waals surface area contributed by atoms with Crippen molar-refractivity contribution in [2.45, 2.75) is 20.3 Å². The molecule has 0 aliphatic heterocycles. The standard InChI is InChI=1S/C13H13IN2/c1-9-3-10(2)5-11(4-9)6-13-7-12(14)8-15-16-13/h3-5,7-8H,6H2,1-2H3. The first kappa shape index (κ1) is 11.5. The fourth-order valence-electron chi connectivity index (χ4n) is 1.85. The smallest absolute Gasteiger partial charge is 0.0685 e. The van der Waals surface area contributed by atoms with Gasteiger partial charge in [0.2, 0.25) is 0 Å². The predicted octanol–water partition coefficient (Wildman–Crippen LogP) is 3.29. The fraction of sp³-hybridized carbons (Fsp3) is 0.231. The number of halogens is 1. The van der Waals surface area contributed by atoms with Crippen molar-refractivity contribution in [2.75, 3.05) is 0 Å². The summed E-state index contributed by atoms with van der Waals surface area (Å²) in [6, 6.07) is 8.66. The minimum Gasteiger partial charge on any atom is -0.158 e. The van der Waals surface area contributed by atoms with Gasteiger partial charge in [-0.2, -0.15) is 10.2 Å². The maximum atomic E-state index is 4.14. The molecule has 0 N–H and O–H groups in total. The van der Waals surface area contributed by atoms with Crippen molar-refractivity contribution in [1.29, 1.82) is 0 Å². The van der Waals surface area contributed by atoms with Crippen molar-refractivity contribution in [1.82, 2.24) is 10.2 Å². The average Bonchev–Trinajstić information content (AvgIpc) is 2.15. The third-order valence-electron chi connectivity index (χ3n) is 2.34. The lowest BCUT2D eigenvalue weighted by atomic mass is 10.0. The summed E-state index contributed by atoms with van der Waals surface area (Å²) in [7, 11) is 0. The Balaban J connectivity index is 2.27. The number of rotatable bonds is 2. The van der Waals surface area contributed by atoms with Gasteiger partial charge in [0.1, 0.15) is 0 Å². The van der Waals surface area contributed by atoms with Gasteiger partial charge in [-0.05, 0) is 48.1 Å². The molecule has 82 valence electrons. The average molecular weight is 324 g/mol. The molecule has 2 rings (SSSR count). The molecule has 0 spiro atoms. The van der Waals surface area contributed by atoms with Crippen molar-refractivity contribution >= 4 is 22.6 Å². The molecule has 0 atom stereocenters. The van der Waals surface area contributed by atoms with Crippen molar-refractivity contribution in [3.8, 4) is 0 Å². The van der Waals surface area contributed by atoms with Crippen molar-refractivity contribution in [2.24, 2.45) is 0 Å². The number of benzene rings is 1. The molecule has 3 heteroatoms. The molecule has 16 heavy (non-hydrogen) atoms. The van der Waals surface area contributed by atoms with Gasteiger partial charge in [0.15, 0.2) is 0 Å². The van der Waals surface area contributed by atoms with Gasteiger partial charge < -0.3 is 0 Å². The van der Waals surface area contributed by atoms with E-state index in [0.717, 1.165) is 15.7 Å². The summed E-state index contributed by atoms with van der Waals surface area (Å²) in [4.78, 5) is 0. The second-order valence-corrected chi connectivity index (χ2v) is 5.28. The highest BCUT2D eigenvalue weighted by molar-refractivity contribution is 14.1. The molecule has 0 radical (unpaired) electrons. The van der Waals surface area contributed by atoms with Gasteiger partial charge in [-0.15, -0.1) is 0 Å². The Labute approximate surface area is 109 Å². The highest BCUT2D eigenvalue weighted by Crippen LogP contribution is 2.13. The quantitative estimate of drug-likeness (QED) is 0.792. The van der Waals surface area contributed by atoms with Crippen LogP contribution in [0.5, 0.6) is 0 Å². The van der Waals surface area contributed by atoms with E-state index in [4.69, 9.17) is 0 Å². The van der Waals surface area contributed by atoms with Crippen LogP contribution in [0.2, 0.25) is 0 Å². The Morgan fingerprint density at radius 1 is 1.06 bits per heavy atom. The topological polar surface area (TPSA) is 25.8 Å². The summed E-state index contributed by atoms with van der Waals surface area (Å²) in [5.74, 6) is 0. The molecule has 0 saturated carbocycles. The Hall–Kier alpha value is -0.970. The number of hydrogen-bond acceptors (Lipinski definition) is 2. The van der Waals surface area contributed by atoms with Crippen LogP contribution in [0.1, 0.15) is 22.4 Å². The van der Waals surface area contributed by atoms with Crippen LogP contribution in [-0.4, -0.2) is 10.2 Å². The molecule has 0 unspecified atom stereocenters. The predicted molar refractivity (Wildman–Crippen MR) is 73.5 cm³/mol. The second-order valence-electron chi connectivity index (χ2n) is 4.04. The third kappa shape index (κ3) is 3.01. The Morgan fingerprint density at radius 3 is 2.38 bits per heavy atom. The van der Waals surface area contributed by atoms with Gasteiger partial charge in [0, 0.05) is 9.99 Å². The maximum absolute atomic E-state index is 4.14. The number of aromatic nitrogens is 2. The van der Waals surface area contributed by atoms with Crippen LogP contribution >= 0.6 is 22.6 Å². The molecule has 2 aromatic rings. The summed E-state index contributed by atoms with van der Waals surface area (Å²) in [6.07, 6.45) is 2.62. The van der Waals surface area contributed by atoms with Gasteiger partial charge in [0.25, 0.3) is 0 Å². The number of hydrogen-bond donors (Lipinski definition) is 0. The molecule has 0 bridgehead atoms. The maximum Gasteiger partial charge on any atom is 0.0685 e. The van der Waals surface area contributed by atoms with E-state index in [1.165, 1.54) is 16.7 Å². The molecular formula is C13H13IN2. The first-order valence-electron chi connectivity index (χ1n) is 5.18. The lowest BCUT2D eigenvalue weighted by Crippen LogP contribution is -1.96. The molecule has 0 fully saturated rings. The normalized spacial score (nSPS) is 10.4. The summed E-state index contributed by atoms with van der Waals surface area (Å²) in [6.45, 7) is 4.24. The molecule has 1 heterocycles. The minimum absolute atomic E-state index is 0.854. The monoisotopic (exact) mass is 324 g/mol. The summed E-state index contributed by atoms with van der Waals surface area (Å²) >= 11 is 2.26.